The van der Waals surface area contributed by atoms with Crippen molar-refractivity contribution < 1.29 is 0 Å². The number of hydrazine groups is 1. The number of hydrogen-bond donors (Lipinski definition) is 2. The fourth-order valence-electron chi connectivity index (χ4n) is 2.40. The molecular weight excluding hydrogens is 196 g/mol. The number of rotatable bonds is 6. The van der Waals surface area contributed by atoms with Crippen LogP contribution in [0.2, 0.25) is 0 Å². The van der Waals surface area contributed by atoms with Crippen molar-refractivity contribution in [2.24, 2.45) is 11.8 Å². The Kier molecular flexibility index (Phi) is 5.50. The van der Waals surface area contributed by atoms with E-state index < -0.39 is 0 Å². The van der Waals surface area contributed by atoms with E-state index in [2.05, 4.69) is 50.5 Å². The van der Waals surface area contributed by atoms with Gasteiger partial charge in [-0.3, -0.25) is 11.3 Å². The van der Waals surface area contributed by atoms with Gasteiger partial charge in [0.25, 0.3) is 0 Å². The van der Waals surface area contributed by atoms with Crippen molar-refractivity contribution in [3.8, 4) is 0 Å². The van der Waals surface area contributed by atoms with Gasteiger partial charge < -0.3 is 0 Å². The summed E-state index contributed by atoms with van der Waals surface area (Å²) in [5.74, 6) is 6.34. The molecule has 16 heavy (non-hydrogen) atoms. The second-order valence-electron chi connectivity index (χ2n) is 4.27. The van der Waals surface area contributed by atoms with Gasteiger partial charge in [0.05, 0.1) is 0 Å². The van der Waals surface area contributed by atoms with Crippen molar-refractivity contribution in [3.63, 3.8) is 0 Å². The predicted octanol–water partition coefficient (Wildman–Crippen LogP) is 3.19. The molecule has 2 heteroatoms. The van der Waals surface area contributed by atoms with Crippen LogP contribution in [0.4, 0.5) is 0 Å². The van der Waals surface area contributed by atoms with Crippen LogP contribution in [-0.4, -0.2) is 0 Å². The second kappa shape index (κ2) is 6.66. The van der Waals surface area contributed by atoms with Crippen LogP contribution in [0.15, 0.2) is 24.3 Å². The molecule has 1 unspecified atom stereocenters. The number of nitrogens with one attached hydrogen (secondary N) is 1. The zero-order valence-corrected chi connectivity index (χ0v) is 10.7. The minimum Gasteiger partial charge on any atom is -0.271 e. The maximum atomic E-state index is 5.73. The first kappa shape index (κ1) is 13.2. The summed E-state index contributed by atoms with van der Waals surface area (Å²) < 4.78 is 0. The van der Waals surface area contributed by atoms with Gasteiger partial charge in [0.2, 0.25) is 0 Å². The van der Waals surface area contributed by atoms with Crippen LogP contribution in [0, 0.1) is 5.92 Å². The molecule has 0 spiro atoms. The van der Waals surface area contributed by atoms with Crippen molar-refractivity contribution in [3.05, 3.63) is 35.4 Å². The van der Waals surface area contributed by atoms with Crippen molar-refractivity contribution in [2.45, 2.75) is 46.1 Å². The topological polar surface area (TPSA) is 38.0 Å². The Bertz CT molecular complexity index is 305. The lowest BCUT2D eigenvalue weighted by Crippen LogP contribution is -2.33. The first-order chi connectivity index (χ1) is 7.78. The highest BCUT2D eigenvalue weighted by atomic mass is 15.2. The molecule has 2 nitrogen and oxygen atoms in total. The third-order valence-electron chi connectivity index (χ3n) is 3.47. The maximum Gasteiger partial charge on any atom is 0.0490 e. The molecule has 90 valence electrons. The van der Waals surface area contributed by atoms with E-state index in [4.69, 9.17) is 5.84 Å². The van der Waals surface area contributed by atoms with Crippen LogP contribution in [0.25, 0.3) is 0 Å². The summed E-state index contributed by atoms with van der Waals surface area (Å²) in [7, 11) is 0. The van der Waals surface area contributed by atoms with Gasteiger partial charge in [0, 0.05) is 6.04 Å². The van der Waals surface area contributed by atoms with E-state index in [-0.39, 0.29) is 6.04 Å². The Morgan fingerprint density at radius 2 is 1.75 bits per heavy atom. The molecule has 0 saturated carbocycles. The van der Waals surface area contributed by atoms with E-state index >= 15 is 0 Å². The summed E-state index contributed by atoms with van der Waals surface area (Å²) >= 11 is 0. The summed E-state index contributed by atoms with van der Waals surface area (Å²) in [5, 5.41) is 0. The highest BCUT2D eigenvalue weighted by Crippen LogP contribution is 2.29. The van der Waals surface area contributed by atoms with Crippen molar-refractivity contribution in [1.29, 1.82) is 0 Å². The average molecular weight is 220 g/mol. The van der Waals surface area contributed by atoms with Crippen LogP contribution >= 0.6 is 0 Å². The van der Waals surface area contributed by atoms with Gasteiger partial charge in [-0.05, 0) is 23.5 Å². The van der Waals surface area contributed by atoms with Gasteiger partial charge in [0.15, 0.2) is 0 Å². The molecule has 0 saturated heterocycles. The third kappa shape index (κ3) is 2.83. The summed E-state index contributed by atoms with van der Waals surface area (Å²) in [5.41, 5.74) is 5.76. The molecule has 1 aromatic carbocycles. The fourth-order valence-corrected chi connectivity index (χ4v) is 2.40. The molecule has 0 bridgehead atoms. The van der Waals surface area contributed by atoms with Crippen LogP contribution in [0.1, 0.15) is 50.8 Å². The Morgan fingerprint density at radius 3 is 2.25 bits per heavy atom. The van der Waals surface area contributed by atoms with Gasteiger partial charge in [-0.1, -0.05) is 57.9 Å². The monoisotopic (exact) mass is 220 g/mol. The SMILES string of the molecule is CCc1ccccc1C(NN)C(CC)CC. The van der Waals surface area contributed by atoms with Crippen molar-refractivity contribution in [2.75, 3.05) is 0 Å². The summed E-state index contributed by atoms with van der Waals surface area (Å²) in [6.45, 7) is 6.65. The highest BCUT2D eigenvalue weighted by Gasteiger charge is 2.20. The molecule has 1 atom stereocenters. The Labute approximate surface area is 99.2 Å². The Hall–Kier alpha value is -0.860. The van der Waals surface area contributed by atoms with Crippen LogP contribution in [0.5, 0.6) is 0 Å². The van der Waals surface area contributed by atoms with Crippen molar-refractivity contribution in [1.82, 2.24) is 5.43 Å². The molecule has 0 amide bonds. The second-order valence-corrected chi connectivity index (χ2v) is 4.27. The molecule has 0 aliphatic carbocycles. The van der Waals surface area contributed by atoms with Gasteiger partial charge in [-0.25, -0.2) is 0 Å². The van der Waals surface area contributed by atoms with Gasteiger partial charge >= 0.3 is 0 Å². The maximum absolute atomic E-state index is 5.73. The lowest BCUT2D eigenvalue weighted by Gasteiger charge is -2.26. The molecule has 0 aromatic heterocycles. The normalized spacial score (nSPS) is 13.1. The smallest absolute Gasteiger partial charge is 0.0490 e. The molecule has 0 aliphatic heterocycles. The average Bonchev–Trinajstić information content (AvgIpc) is 2.35. The van der Waals surface area contributed by atoms with E-state index in [9.17, 15) is 0 Å². The zero-order valence-electron chi connectivity index (χ0n) is 10.7. The van der Waals surface area contributed by atoms with E-state index in [1.54, 1.807) is 0 Å². The van der Waals surface area contributed by atoms with Gasteiger partial charge in [-0.15, -0.1) is 0 Å². The quantitative estimate of drug-likeness (QED) is 0.571. The summed E-state index contributed by atoms with van der Waals surface area (Å²) in [6.07, 6.45) is 3.38. The van der Waals surface area contributed by atoms with Crippen LogP contribution in [0.3, 0.4) is 0 Å². The van der Waals surface area contributed by atoms with Gasteiger partial charge in [-0.2, -0.15) is 0 Å². The molecule has 0 heterocycles. The largest absolute Gasteiger partial charge is 0.271 e. The minimum absolute atomic E-state index is 0.283. The van der Waals surface area contributed by atoms with E-state index in [0.29, 0.717) is 5.92 Å². The predicted molar refractivity (Wildman–Crippen MR) is 70.0 cm³/mol. The molecular formula is C14H24N2. The number of benzene rings is 1. The zero-order chi connectivity index (χ0) is 12.0. The fraction of sp³-hybridized carbons (Fsp3) is 0.571. The molecule has 1 aromatic rings. The third-order valence-corrected chi connectivity index (χ3v) is 3.47. The molecule has 0 radical (unpaired) electrons. The van der Waals surface area contributed by atoms with Crippen LogP contribution in [-0.2, 0) is 6.42 Å². The Balaban J connectivity index is 3.02. The van der Waals surface area contributed by atoms with Crippen LogP contribution < -0.4 is 11.3 Å². The highest BCUT2D eigenvalue weighted by molar-refractivity contribution is 5.30. The van der Waals surface area contributed by atoms with E-state index in [1.165, 1.54) is 11.1 Å². The number of aryl methyl sites for hydroxylation is 1. The lowest BCUT2D eigenvalue weighted by molar-refractivity contribution is 0.344. The molecule has 0 fully saturated rings. The van der Waals surface area contributed by atoms with E-state index in [0.717, 1.165) is 19.3 Å². The first-order valence-electron chi connectivity index (χ1n) is 6.32. The molecule has 1 rings (SSSR count). The molecule has 0 aliphatic rings. The standard InChI is InChI=1S/C14H24N2/c1-4-11(5-2)14(16-15)13-10-8-7-9-12(13)6-3/h7-11,14,16H,4-6,15H2,1-3H3. The Morgan fingerprint density at radius 1 is 1.12 bits per heavy atom. The first-order valence-corrected chi connectivity index (χ1v) is 6.32. The number of nitrogens with two attached hydrogens (primary N) is 1. The minimum atomic E-state index is 0.283. The summed E-state index contributed by atoms with van der Waals surface area (Å²) in [4.78, 5) is 0. The molecule has 3 N–H and O–H groups in total. The number of hydrogen-bond acceptors (Lipinski definition) is 2. The van der Waals surface area contributed by atoms with Crippen molar-refractivity contribution >= 4 is 0 Å². The lowest BCUT2D eigenvalue weighted by atomic mass is 9.86. The summed E-state index contributed by atoms with van der Waals surface area (Å²) in [6, 6.07) is 8.87. The van der Waals surface area contributed by atoms with E-state index in [1.807, 2.05) is 0 Å². The van der Waals surface area contributed by atoms with Gasteiger partial charge in [0.1, 0.15) is 0 Å².